The van der Waals surface area contributed by atoms with Gasteiger partial charge in [-0.25, -0.2) is 12.8 Å². The van der Waals surface area contributed by atoms with E-state index in [-0.39, 0.29) is 12.5 Å². The second kappa shape index (κ2) is 9.77. The number of methoxy groups -OCH3 is 1. The van der Waals surface area contributed by atoms with Crippen molar-refractivity contribution in [1.29, 1.82) is 0 Å². The predicted molar refractivity (Wildman–Crippen MR) is 104 cm³/mol. The van der Waals surface area contributed by atoms with Crippen molar-refractivity contribution in [3.8, 4) is 0 Å². The minimum atomic E-state index is -4.18. The maximum Gasteiger partial charge on any atom is 0.244 e. The average molecular weight is 408 g/mol. The van der Waals surface area contributed by atoms with Gasteiger partial charge in [0.25, 0.3) is 0 Å². The molecular weight excluding hydrogens is 383 g/mol. The van der Waals surface area contributed by atoms with E-state index in [0.717, 1.165) is 23.3 Å². The summed E-state index contributed by atoms with van der Waals surface area (Å²) >= 11 is 0. The van der Waals surface area contributed by atoms with E-state index in [9.17, 15) is 17.6 Å². The van der Waals surface area contributed by atoms with Gasteiger partial charge in [0.1, 0.15) is 16.8 Å². The number of sulfonamides is 1. The number of hydrogen-bond acceptors (Lipinski definition) is 4. The summed E-state index contributed by atoms with van der Waals surface area (Å²) in [6.07, 6.45) is 0. The highest BCUT2D eigenvalue weighted by Crippen LogP contribution is 2.15. The summed E-state index contributed by atoms with van der Waals surface area (Å²) in [6, 6.07) is 11.5. The molecule has 152 valence electrons. The lowest BCUT2D eigenvalue weighted by molar-refractivity contribution is -0.123. The summed E-state index contributed by atoms with van der Waals surface area (Å²) in [4.78, 5) is 12.1. The number of ether oxygens (including phenoxy) is 1. The van der Waals surface area contributed by atoms with Crippen LogP contribution in [0.3, 0.4) is 0 Å². The Kier molecular flexibility index (Phi) is 7.68. The molecule has 0 fully saturated rings. The van der Waals surface area contributed by atoms with Crippen LogP contribution in [0.5, 0.6) is 0 Å². The smallest absolute Gasteiger partial charge is 0.244 e. The van der Waals surface area contributed by atoms with Crippen molar-refractivity contribution in [2.75, 3.05) is 7.11 Å². The van der Waals surface area contributed by atoms with E-state index in [4.69, 9.17) is 4.74 Å². The number of hydrogen-bond donors (Lipinski definition) is 2. The molecule has 0 radical (unpaired) electrons. The van der Waals surface area contributed by atoms with Crippen LogP contribution < -0.4 is 10.0 Å². The first kappa shape index (κ1) is 22.0. The van der Waals surface area contributed by atoms with Crippen molar-refractivity contribution < 1.29 is 22.3 Å². The molecular formula is C20H25FN2O4S. The first-order chi connectivity index (χ1) is 13.2. The van der Waals surface area contributed by atoms with Crippen LogP contribution in [0.1, 0.15) is 25.0 Å². The van der Waals surface area contributed by atoms with Crippen LogP contribution in [0.25, 0.3) is 0 Å². The van der Waals surface area contributed by atoms with Crippen molar-refractivity contribution in [3.63, 3.8) is 0 Å². The fraction of sp³-hybridized carbons (Fsp3) is 0.350. The Morgan fingerprint density at radius 2 is 1.79 bits per heavy atom. The zero-order valence-corrected chi connectivity index (χ0v) is 16.9. The molecule has 28 heavy (non-hydrogen) atoms. The number of carbonyl (C=O) groups excluding carboxylic acids is 1. The third kappa shape index (κ3) is 5.85. The van der Waals surface area contributed by atoms with E-state index in [1.807, 2.05) is 24.3 Å². The maximum absolute atomic E-state index is 13.9. The zero-order valence-electron chi connectivity index (χ0n) is 16.1. The summed E-state index contributed by atoms with van der Waals surface area (Å²) in [7, 11) is -2.58. The Bertz CT molecular complexity index is 916. The molecule has 0 saturated carbocycles. The van der Waals surface area contributed by atoms with E-state index >= 15 is 0 Å². The number of halogens is 1. The molecule has 8 heteroatoms. The molecule has 0 aliphatic carbocycles. The monoisotopic (exact) mass is 408 g/mol. The lowest BCUT2D eigenvalue weighted by Gasteiger charge is -2.22. The average Bonchev–Trinajstić information content (AvgIpc) is 2.65. The fourth-order valence-electron chi connectivity index (χ4n) is 2.68. The highest BCUT2D eigenvalue weighted by molar-refractivity contribution is 7.89. The molecule has 0 saturated heterocycles. The SMILES string of the molecule is COCc1cccc(CNC(=O)[C@@H](NS(=O)(=O)c2ccccc2F)C(C)C)c1. The summed E-state index contributed by atoms with van der Waals surface area (Å²) in [6.45, 7) is 4.13. The molecule has 2 aromatic rings. The van der Waals surface area contributed by atoms with Crippen LogP contribution in [-0.2, 0) is 32.7 Å². The van der Waals surface area contributed by atoms with Gasteiger partial charge < -0.3 is 10.1 Å². The second-order valence-corrected chi connectivity index (χ2v) is 8.43. The summed E-state index contributed by atoms with van der Waals surface area (Å²) < 4.78 is 46.3. The molecule has 0 aromatic heterocycles. The molecule has 2 rings (SSSR count). The molecule has 0 heterocycles. The minimum Gasteiger partial charge on any atom is -0.380 e. The number of amides is 1. The Labute approximate surface area is 165 Å². The lowest BCUT2D eigenvalue weighted by atomic mass is 10.0. The first-order valence-corrected chi connectivity index (χ1v) is 10.3. The first-order valence-electron chi connectivity index (χ1n) is 8.86. The van der Waals surface area contributed by atoms with E-state index in [1.54, 1.807) is 21.0 Å². The van der Waals surface area contributed by atoms with Crippen molar-refractivity contribution in [3.05, 3.63) is 65.5 Å². The predicted octanol–water partition coefficient (Wildman–Crippen LogP) is 2.59. The molecule has 0 aliphatic rings. The van der Waals surface area contributed by atoms with Crippen molar-refractivity contribution in [2.24, 2.45) is 5.92 Å². The van der Waals surface area contributed by atoms with Crippen LogP contribution in [0.2, 0.25) is 0 Å². The van der Waals surface area contributed by atoms with Crippen molar-refractivity contribution in [1.82, 2.24) is 10.0 Å². The Balaban J connectivity index is 2.10. The second-order valence-electron chi connectivity index (χ2n) is 6.74. The van der Waals surface area contributed by atoms with Gasteiger partial charge in [-0.15, -0.1) is 0 Å². The molecule has 6 nitrogen and oxygen atoms in total. The summed E-state index contributed by atoms with van der Waals surface area (Å²) in [5.74, 6) is -1.68. The van der Waals surface area contributed by atoms with Gasteiger partial charge in [-0.05, 0) is 29.2 Å². The maximum atomic E-state index is 13.9. The number of rotatable bonds is 9. The van der Waals surface area contributed by atoms with Gasteiger partial charge in [-0.3, -0.25) is 4.79 Å². The topological polar surface area (TPSA) is 84.5 Å². The highest BCUT2D eigenvalue weighted by Gasteiger charge is 2.29. The lowest BCUT2D eigenvalue weighted by Crippen LogP contribution is -2.49. The molecule has 1 atom stereocenters. The molecule has 0 bridgehead atoms. The van der Waals surface area contributed by atoms with Gasteiger partial charge in [-0.1, -0.05) is 50.2 Å². The van der Waals surface area contributed by atoms with Gasteiger partial charge in [0.05, 0.1) is 6.61 Å². The van der Waals surface area contributed by atoms with E-state index in [2.05, 4.69) is 10.0 Å². The number of carbonyl (C=O) groups is 1. The van der Waals surface area contributed by atoms with Gasteiger partial charge in [0.2, 0.25) is 15.9 Å². The summed E-state index contributed by atoms with van der Waals surface area (Å²) in [5, 5.41) is 2.74. The fourth-order valence-corrected chi connectivity index (χ4v) is 4.10. The minimum absolute atomic E-state index is 0.237. The van der Waals surface area contributed by atoms with Crippen LogP contribution in [-0.4, -0.2) is 27.5 Å². The van der Waals surface area contributed by atoms with Crippen LogP contribution in [0.15, 0.2) is 53.4 Å². The van der Waals surface area contributed by atoms with Crippen molar-refractivity contribution in [2.45, 2.75) is 37.9 Å². The number of benzene rings is 2. The van der Waals surface area contributed by atoms with Gasteiger partial charge in [0, 0.05) is 13.7 Å². The van der Waals surface area contributed by atoms with Gasteiger partial charge >= 0.3 is 0 Å². The van der Waals surface area contributed by atoms with Gasteiger partial charge in [0.15, 0.2) is 0 Å². The largest absolute Gasteiger partial charge is 0.380 e. The zero-order chi connectivity index (χ0) is 20.7. The standard InChI is InChI=1S/C20H25FN2O4S/c1-14(2)19(23-28(25,26)18-10-5-4-9-17(18)21)20(24)22-12-15-7-6-8-16(11-15)13-27-3/h4-11,14,19,23H,12-13H2,1-3H3,(H,22,24)/t19-/m0/s1. The Hall–Kier alpha value is -2.29. The molecule has 2 aromatic carbocycles. The van der Waals surface area contributed by atoms with Gasteiger partial charge in [-0.2, -0.15) is 4.72 Å². The molecule has 1 amide bonds. The van der Waals surface area contributed by atoms with Crippen LogP contribution in [0.4, 0.5) is 4.39 Å². The number of nitrogens with one attached hydrogen (secondary N) is 2. The third-order valence-electron chi connectivity index (χ3n) is 4.13. The van der Waals surface area contributed by atoms with E-state index < -0.39 is 32.7 Å². The van der Waals surface area contributed by atoms with E-state index in [1.165, 1.54) is 12.1 Å². The van der Waals surface area contributed by atoms with Crippen molar-refractivity contribution >= 4 is 15.9 Å². The quantitative estimate of drug-likeness (QED) is 0.668. The van der Waals surface area contributed by atoms with Crippen LogP contribution >= 0.6 is 0 Å². The third-order valence-corrected chi connectivity index (χ3v) is 5.60. The van der Waals surface area contributed by atoms with E-state index in [0.29, 0.717) is 6.61 Å². The molecule has 0 spiro atoms. The Morgan fingerprint density at radius 3 is 2.43 bits per heavy atom. The molecule has 0 unspecified atom stereocenters. The molecule has 2 N–H and O–H groups in total. The normalized spacial score (nSPS) is 12.8. The molecule has 0 aliphatic heterocycles. The summed E-state index contributed by atoms with van der Waals surface area (Å²) in [5.41, 5.74) is 1.83. The van der Waals surface area contributed by atoms with Crippen LogP contribution in [0, 0.1) is 11.7 Å². The Morgan fingerprint density at radius 1 is 1.11 bits per heavy atom. The highest BCUT2D eigenvalue weighted by atomic mass is 32.2.